The highest BCUT2D eigenvalue weighted by Gasteiger charge is 2.49. The summed E-state index contributed by atoms with van der Waals surface area (Å²) in [4.78, 5) is 40.6. The molecule has 4 amide bonds. The van der Waals surface area contributed by atoms with Crippen LogP contribution in [0.5, 0.6) is 5.75 Å². The quantitative estimate of drug-likeness (QED) is 0.731. The first kappa shape index (κ1) is 21.0. The van der Waals surface area contributed by atoms with Crippen LogP contribution in [0.4, 0.5) is 4.79 Å². The molecule has 9 heteroatoms. The summed E-state index contributed by atoms with van der Waals surface area (Å²) in [5.41, 5.74) is -0.555. The van der Waals surface area contributed by atoms with Crippen LogP contribution in [0.15, 0.2) is 24.3 Å². The topological polar surface area (TPSA) is 91.0 Å². The average molecular weight is 397 g/mol. The summed E-state index contributed by atoms with van der Waals surface area (Å²) in [5, 5.41) is 5.93. The van der Waals surface area contributed by atoms with Gasteiger partial charge in [0.25, 0.3) is 5.91 Å². The maximum Gasteiger partial charge on any atom is 0.325 e. The van der Waals surface area contributed by atoms with Crippen LogP contribution >= 0.6 is 12.4 Å². The van der Waals surface area contributed by atoms with Gasteiger partial charge in [0.05, 0.1) is 7.11 Å². The zero-order valence-electron chi connectivity index (χ0n) is 15.7. The van der Waals surface area contributed by atoms with Crippen LogP contribution in [-0.2, 0) is 15.1 Å². The van der Waals surface area contributed by atoms with Gasteiger partial charge >= 0.3 is 6.03 Å². The van der Waals surface area contributed by atoms with Crippen LogP contribution in [0.25, 0.3) is 0 Å². The number of hydrogen-bond acceptors (Lipinski definition) is 5. The van der Waals surface area contributed by atoms with Gasteiger partial charge in [-0.2, -0.15) is 0 Å². The van der Waals surface area contributed by atoms with E-state index in [1.807, 2.05) is 6.92 Å². The van der Waals surface area contributed by atoms with Gasteiger partial charge < -0.3 is 20.3 Å². The highest BCUT2D eigenvalue weighted by molar-refractivity contribution is 6.09. The molecule has 2 fully saturated rings. The smallest absolute Gasteiger partial charge is 0.325 e. The molecular formula is C18H25ClN4O4. The normalized spacial score (nSPS) is 25.1. The average Bonchev–Trinajstić information content (AvgIpc) is 2.86. The Hall–Kier alpha value is -2.32. The molecule has 2 saturated heterocycles. The zero-order valence-corrected chi connectivity index (χ0v) is 16.5. The van der Waals surface area contributed by atoms with Crippen molar-refractivity contribution in [1.82, 2.24) is 20.4 Å². The number of piperazine rings is 1. The van der Waals surface area contributed by atoms with Crippen molar-refractivity contribution in [2.45, 2.75) is 25.4 Å². The molecule has 2 atom stereocenters. The lowest BCUT2D eigenvalue weighted by atomic mass is 9.92. The minimum Gasteiger partial charge on any atom is -0.497 e. The Morgan fingerprint density at radius 1 is 1.30 bits per heavy atom. The highest BCUT2D eigenvalue weighted by atomic mass is 35.5. The molecule has 27 heavy (non-hydrogen) atoms. The molecular weight excluding hydrogens is 372 g/mol. The number of rotatable bonds is 4. The predicted octanol–water partition coefficient (Wildman–Crippen LogP) is 0.704. The second-order valence-corrected chi connectivity index (χ2v) is 6.82. The summed E-state index contributed by atoms with van der Waals surface area (Å²) in [7, 11) is 1.56. The third-order valence-corrected chi connectivity index (χ3v) is 5.06. The third kappa shape index (κ3) is 3.86. The molecule has 8 nitrogen and oxygen atoms in total. The van der Waals surface area contributed by atoms with Crippen molar-refractivity contribution in [3.63, 3.8) is 0 Å². The van der Waals surface area contributed by atoms with Crippen molar-refractivity contribution in [2.75, 3.05) is 33.3 Å². The lowest BCUT2D eigenvalue weighted by Gasteiger charge is -2.34. The van der Waals surface area contributed by atoms with Gasteiger partial charge in [0, 0.05) is 25.7 Å². The molecule has 2 heterocycles. The third-order valence-electron chi connectivity index (χ3n) is 5.06. The Kier molecular flexibility index (Phi) is 6.33. The maximum atomic E-state index is 12.9. The number of amides is 4. The molecule has 1 unspecified atom stereocenters. The largest absolute Gasteiger partial charge is 0.497 e. The van der Waals surface area contributed by atoms with Gasteiger partial charge in [0.2, 0.25) is 5.91 Å². The molecule has 2 aliphatic rings. The van der Waals surface area contributed by atoms with E-state index < -0.39 is 17.5 Å². The molecule has 2 aliphatic heterocycles. The van der Waals surface area contributed by atoms with E-state index >= 15 is 0 Å². The van der Waals surface area contributed by atoms with Gasteiger partial charge in [-0.3, -0.25) is 14.5 Å². The van der Waals surface area contributed by atoms with Gasteiger partial charge in [-0.05, 0) is 31.5 Å². The number of ether oxygens (including phenoxy) is 1. The van der Waals surface area contributed by atoms with E-state index in [1.165, 1.54) is 0 Å². The van der Waals surface area contributed by atoms with Crippen molar-refractivity contribution in [3.8, 4) is 5.75 Å². The lowest BCUT2D eigenvalue weighted by molar-refractivity contribution is -0.140. The summed E-state index contributed by atoms with van der Waals surface area (Å²) in [6, 6.07) is 6.42. The second kappa shape index (κ2) is 8.14. The fourth-order valence-electron chi connectivity index (χ4n) is 3.40. The number of methoxy groups -OCH3 is 1. The molecule has 0 aromatic heterocycles. The summed E-state index contributed by atoms with van der Waals surface area (Å²) >= 11 is 0. The molecule has 0 bridgehead atoms. The van der Waals surface area contributed by atoms with Crippen LogP contribution < -0.4 is 15.4 Å². The molecule has 0 saturated carbocycles. The van der Waals surface area contributed by atoms with Gasteiger partial charge in [-0.25, -0.2) is 4.79 Å². The Labute approximate surface area is 164 Å². The van der Waals surface area contributed by atoms with Gasteiger partial charge in [-0.1, -0.05) is 12.1 Å². The molecule has 148 valence electrons. The predicted molar refractivity (Wildman–Crippen MR) is 102 cm³/mol. The van der Waals surface area contributed by atoms with Crippen LogP contribution in [0, 0.1) is 0 Å². The summed E-state index contributed by atoms with van der Waals surface area (Å²) in [5.74, 6) is 0.0131. The lowest BCUT2D eigenvalue weighted by Crippen LogP contribution is -2.55. The van der Waals surface area contributed by atoms with Crippen molar-refractivity contribution >= 4 is 30.3 Å². The zero-order chi connectivity index (χ0) is 18.9. The second-order valence-electron chi connectivity index (χ2n) is 6.82. The minimum absolute atomic E-state index is 0. The SMILES string of the molecule is COc1ccc(C2(C)NC(=O)N(CC(=O)N3CCNC[C@@H]3C)C2=O)cc1.Cl. The fraction of sp³-hybridized carbons (Fsp3) is 0.500. The number of carbonyl (C=O) groups is 3. The Morgan fingerprint density at radius 2 is 1.96 bits per heavy atom. The van der Waals surface area contributed by atoms with E-state index in [-0.39, 0.29) is 30.9 Å². The number of imide groups is 1. The van der Waals surface area contributed by atoms with E-state index in [4.69, 9.17) is 4.74 Å². The van der Waals surface area contributed by atoms with Crippen molar-refractivity contribution in [1.29, 1.82) is 0 Å². The highest BCUT2D eigenvalue weighted by Crippen LogP contribution is 2.30. The summed E-state index contributed by atoms with van der Waals surface area (Å²) < 4.78 is 5.13. The van der Waals surface area contributed by atoms with E-state index in [1.54, 1.807) is 43.2 Å². The number of nitrogens with zero attached hydrogens (tertiary/aromatic N) is 2. The van der Waals surface area contributed by atoms with Crippen LogP contribution in [0.1, 0.15) is 19.4 Å². The molecule has 1 aromatic carbocycles. The first-order chi connectivity index (χ1) is 12.4. The molecule has 0 radical (unpaired) electrons. The molecule has 0 spiro atoms. The Balaban J connectivity index is 0.00000261. The number of carbonyl (C=O) groups excluding carboxylic acids is 3. The van der Waals surface area contributed by atoms with E-state index in [2.05, 4.69) is 10.6 Å². The molecule has 3 rings (SSSR count). The first-order valence-electron chi connectivity index (χ1n) is 8.65. The fourth-order valence-corrected chi connectivity index (χ4v) is 3.40. The van der Waals surface area contributed by atoms with Gasteiger partial charge in [0.1, 0.15) is 17.8 Å². The monoisotopic (exact) mass is 396 g/mol. The molecule has 0 aliphatic carbocycles. The van der Waals surface area contributed by atoms with Crippen molar-refractivity contribution < 1.29 is 19.1 Å². The van der Waals surface area contributed by atoms with Crippen molar-refractivity contribution in [3.05, 3.63) is 29.8 Å². The van der Waals surface area contributed by atoms with E-state index in [9.17, 15) is 14.4 Å². The minimum atomic E-state index is -1.20. The molecule has 1 aromatic rings. The van der Waals surface area contributed by atoms with Crippen LogP contribution in [0.3, 0.4) is 0 Å². The van der Waals surface area contributed by atoms with Gasteiger partial charge in [0.15, 0.2) is 0 Å². The number of hydrogen-bond donors (Lipinski definition) is 2. The number of halogens is 1. The van der Waals surface area contributed by atoms with E-state index in [0.29, 0.717) is 30.9 Å². The standard InChI is InChI=1S/C18H24N4O4.ClH/c1-12-10-19-8-9-21(12)15(23)11-22-16(24)18(2,20-17(22)25)13-4-6-14(26-3)7-5-13;/h4-7,12,19H,8-11H2,1-3H3,(H,20,25);1H/t12-,18?;/m0./s1. The number of benzene rings is 1. The summed E-state index contributed by atoms with van der Waals surface area (Å²) in [6.07, 6.45) is 0. The summed E-state index contributed by atoms with van der Waals surface area (Å²) in [6.45, 7) is 5.32. The molecule has 2 N–H and O–H groups in total. The van der Waals surface area contributed by atoms with Crippen molar-refractivity contribution in [2.24, 2.45) is 0 Å². The van der Waals surface area contributed by atoms with E-state index in [0.717, 1.165) is 4.90 Å². The number of nitrogens with one attached hydrogen (secondary N) is 2. The first-order valence-corrected chi connectivity index (χ1v) is 8.65. The Morgan fingerprint density at radius 3 is 2.56 bits per heavy atom. The maximum absolute atomic E-state index is 12.9. The van der Waals surface area contributed by atoms with Crippen LogP contribution in [-0.4, -0.2) is 67.0 Å². The Bertz CT molecular complexity index is 727. The van der Waals surface area contributed by atoms with Gasteiger partial charge in [-0.15, -0.1) is 12.4 Å². The number of urea groups is 1. The van der Waals surface area contributed by atoms with Crippen LogP contribution in [0.2, 0.25) is 0 Å².